The summed E-state index contributed by atoms with van der Waals surface area (Å²) in [5.74, 6) is -0.0407. The van der Waals surface area contributed by atoms with E-state index in [1.54, 1.807) is 6.07 Å². The van der Waals surface area contributed by atoms with Crippen LogP contribution in [0, 0.1) is 11.3 Å². The summed E-state index contributed by atoms with van der Waals surface area (Å²) in [5.41, 5.74) is 2.38. The Balaban J connectivity index is 1.84. The molecule has 1 aliphatic carbocycles. The first-order valence-corrected chi connectivity index (χ1v) is 8.29. The van der Waals surface area contributed by atoms with E-state index in [9.17, 15) is 10.1 Å². The average molecular weight is 325 g/mol. The largest absolute Gasteiger partial charge is 0.464 e. The Bertz CT molecular complexity index is 839. The summed E-state index contributed by atoms with van der Waals surface area (Å²) < 4.78 is 12.1. The van der Waals surface area contributed by atoms with Crippen LogP contribution in [0.2, 0.25) is 0 Å². The van der Waals surface area contributed by atoms with Gasteiger partial charge in [0.15, 0.2) is 0 Å². The van der Waals surface area contributed by atoms with Gasteiger partial charge in [-0.25, -0.2) is 4.79 Å². The number of rotatable bonds is 3. The number of hydrogen-bond acceptors (Lipinski definition) is 5. The Morgan fingerprint density at radius 2 is 2.17 bits per heavy atom. The zero-order valence-electron chi connectivity index (χ0n) is 13.6. The molecule has 124 valence electrons. The van der Waals surface area contributed by atoms with Crippen molar-refractivity contribution in [2.45, 2.75) is 37.1 Å². The number of hydrogen-bond donors (Lipinski definition) is 0. The predicted octanol–water partition coefficient (Wildman–Crippen LogP) is 2.73. The number of methoxy groups -OCH3 is 1. The van der Waals surface area contributed by atoms with Gasteiger partial charge in [-0.1, -0.05) is 0 Å². The zero-order chi connectivity index (χ0) is 16.7. The molecular formula is C18H19N3O3. The molecule has 3 heterocycles. The number of pyridine rings is 1. The minimum atomic E-state index is -0.632. The number of esters is 1. The Morgan fingerprint density at radius 3 is 2.79 bits per heavy atom. The molecule has 0 spiro atoms. The molecule has 0 unspecified atom stereocenters. The Kier molecular flexibility index (Phi) is 3.54. The van der Waals surface area contributed by atoms with E-state index in [0.717, 1.165) is 55.6 Å². The van der Waals surface area contributed by atoms with Gasteiger partial charge in [0.25, 0.3) is 0 Å². The van der Waals surface area contributed by atoms with Crippen molar-refractivity contribution in [3.8, 4) is 6.07 Å². The molecule has 2 aliphatic rings. The zero-order valence-corrected chi connectivity index (χ0v) is 13.6. The van der Waals surface area contributed by atoms with Crippen LogP contribution in [0.3, 0.4) is 0 Å². The first-order chi connectivity index (χ1) is 11.7. The molecule has 0 aromatic carbocycles. The van der Waals surface area contributed by atoms with E-state index in [4.69, 9.17) is 14.5 Å². The molecule has 0 N–H and O–H groups in total. The van der Waals surface area contributed by atoms with Crippen molar-refractivity contribution in [1.29, 1.82) is 5.26 Å². The molecule has 6 heteroatoms. The lowest BCUT2D eigenvalue weighted by Gasteiger charge is -2.21. The highest BCUT2D eigenvalue weighted by atomic mass is 16.5. The third kappa shape index (κ3) is 2.28. The number of carbonyl (C=O) groups excluding carboxylic acids is 1. The van der Waals surface area contributed by atoms with Crippen molar-refractivity contribution in [3.63, 3.8) is 0 Å². The second-order valence-corrected chi connectivity index (χ2v) is 6.53. The summed E-state index contributed by atoms with van der Waals surface area (Å²) in [7, 11) is 1.36. The van der Waals surface area contributed by atoms with Gasteiger partial charge in [-0.3, -0.25) is 4.98 Å². The molecule has 1 aliphatic heterocycles. The molecule has 24 heavy (non-hydrogen) atoms. The van der Waals surface area contributed by atoms with Crippen LogP contribution in [0.25, 0.3) is 11.0 Å². The number of aromatic nitrogens is 2. The van der Waals surface area contributed by atoms with E-state index in [2.05, 4.69) is 6.07 Å². The Labute approximate surface area is 140 Å². The molecule has 0 amide bonds. The topological polar surface area (TPSA) is 77.1 Å². The number of ether oxygens (including phenoxy) is 2. The summed E-state index contributed by atoms with van der Waals surface area (Å²) in [6.07, 6.45) is 3.42. The van der Waals surface area contributed by atoms with Gasteiger partial charge in [-0.05, 0) is 43.9 Å². The van der Waals surface area contributed by atoms with Crippen LogP contribution in [0.15, 0.2) is 18.2 Å². The lowest BCUT2D eigenvalue weighted by molar-refractivity contribution is 0.0587. The highest BCUT2D eigenvalue weighted by Gasteiger charge is 2.48. The summed E-state index contributed by atoms with van der Waals surface area (Å²) in [4.78, 5) is 17.0. The number of carbonyl (C=O) groups is 1. The van der Waals surface area contributed by atoms with Crippen LogP contribution in [0.5, 0.6) is 0 Å². The monoisotopic (exact) mass is 325 g/mol. The van der Waals surface area contributed by atoms with Gasteiger partial charge in [0.05, 0.1) is 24.2 Å². The molecule has 0 radical (unpaired) electrons. The van der Waals surface area contributed by atoms with E-state index < -0.39 is 11.5 Å². The molecular weight excluding hydrogens is 306 g/mol. The van der Waals surface area contributed by atoms with Crippen LogP contribution in [0.1, 0.15) is 47.8 Å². The van der Waals surface area contributed by atoms with Crippen LogP contribution >= 0.6 is 0 Å². The maximum atomic E-state index is 12.2. The first-order valence-electron chi connectivity index (χ1n) is 8.29. The van der Waals surface area contributed by atoms with Gasteiger partial charge < -0.3 is 14.0 Å². The molecule has 1 saturated heterocycles. The van der Waals surface area contributed by atoms with E-state index >= 15 is 0 Å². The van der Waals surface area contributed by atoms with Crippen molar-refractivity contribution in [2.24, 2.45) is 0 Å². The average Bonchev–Trinajstić information content (AvgIpc) is 3.34. The normalized spacial score (nSPS) is 19.8. The van der Waals surface area contributed by atoms with Crippen molar-refractivity contribution >= 4 is 17.0 Å². The fraction of sp³-hybridized carbons (Fsp3) is 0.500. The first kappa shape index (κ1) is 15.2. The molecule has 2 aromatic rings. The van der Waals surface area contributed by atoms with Crippen molar-refractivity contribution in [2.75, 3.05) is 20.3 Å². The fourth-order valence-electron chi connectivity index (χ4n) is 3.54. The lowest BCUT2D eigenvalue weighted by atomic mass is 9.96. The molecule has 2 fully saturated rings. The Morgan fingerprint density at radius 1 is 1.42 bits per heavy atom. The summed E-state index contributed by atoms with van der Waals surface area (Å²) in [6, 6.07) is 8.11. The van der Waals surface area contributed by atoms with Gasteiger partial charge in [0, 0.05) is 24.8 Å². The molecule has 4 rings (SSSR count). The van der Waals surface area contributed by atoms with Gasteiger partial charge in [-0.15, -0.1) is 0 Å². The minimum absolute atomic E-state index is 0.388. The predicted molar refractivity (Wildman–Crippen MR) is 86.7 cm³/mol. The minimum Gasteiger partial charge on any atom is -0.464 e. The maximum absolute atomic E-state index is 12.2. The van der Waals surface area contributed by atoms with E-state index in [0.29, 0.717) is 11.6 Å². The molecule has 6 nitrogen and oxygen atoms in total. The third-order valence-corrected chi connectivity index (χ3v) is 5.07. The van der Waals surface area contributed by atoms with E-state index in [1.807, 2.05) is 16.7 Å². The van der Waals surface area contributed by atoms with Gasteiger partial charge in [-0.2, -0.15) is 5.26 Å². The van der Waals surface area contributed by atoms with Gasteiger partial charge in [0.1, 0.15) is 11.2 Å². The summed E-state index contributed by atoms with van der Waals surface area (Å²) in [6.45, 7) is 1.52. The highest BCUT2D eigenvalue weighted by Crippen LogP contribution is 2.46. The van der Waals surface area contributed by atoms with Crippen LogP contribution in [-0.4, -0.2) is 35.8 Å². The van der Waals surface area contributed by atoms with Crippen LogP contribution < -0.4 is 0 Å². The van der Waals surface area contributed by atoms with E-state index in [1.165, 1.54) is 7.11 Å². The second-order valence-electron chi connectivity index (χ2n) is 6.53. The van der Waals surface area contributed by atoms with Crippen LogP contribution in [0.4, 0.5) is 0 Å². The molecule has 1 saturated carbocycles. The van der Waals surface area contributed by atoms with Crippen LogP contribution in [-0.2, 0) is 15.0 Å². The number of nitrogens with zero attached hydrogens (tertiary/aromatic N) is 3. The lowest BCUT2D eigenvalue weighted by Crippen LogP contribution is -2.20. The SMILES string of the molecule is COC(=O)c1cc2nc(C3CCOCC3)ccc2n1C1(C#N)CC1. The van der Waals surface area contributed by atoms with Crippen molar-refractivity contribution in [3.05, 3.63) is 29.6 Å². The third-order valence-electron chi connectivity index (χ3n) is 5.07. The van der Waals surface area contributed by atoms with Crippen molar-refractivity contribution < 1.29 is 14.3 Å². The highest BCUT2D eigenvalue weighted by molar-refractivity contribution is 5.95. The molecule has 0 bridgehead atoms. The second kappa shape index (κ2) is 5.60. The summed E-state index contributed by atoms with van der Waals surface area (Å²) >= 11 is 0. The number of nitriles is 1. The van der Waals surface area contributed by atoms with E-state index in [-0.39, 0.29) is 0 Å². The fourth-order valence-corrected chi connectivity index (χ4v) is 3.54. The quantitative estimate of drug-likeness (QED) is 0.811. The summed E-state index contributed by atoms with van der Waals surface area (Å²) in [5, 5.41) is 9.57. The number of fused-ring (bicyclic) bond motifs is 1. The standard InChI is InChI=1S/C18H19N3O3/c1-23-17(22)16-10-14-15(21(16)18(11-19)6-7-18)3-2-13(20-14)12-4-8-24-9-5-12/h2-3,10,12H,4-9H2,1H3. The Hall–Kier alpha value is -2.39. The van der Waals surface area contributed by atoms with Crippen molar-refractivity contribution in [1.82, 2.24) is 9.55 Å². The maximum Gasteiger partial charge on any atom is 0.354 e. The molecule has 0 atom stereocenters. The smallest absolute Gasteiger partial charge is 0.354 e. The van der Waals surface area contributed by atoms with Gasteiger partial charge >= 0.3 is 5.97 Å². The van der Waals surface area contributed by atoms with Gasteiger partial charge in [0.2, 0.25) is 0 Å². The molecule has 2 aromatic heterocycles.